The fourth-order valence-corrected chi connectivity index (χ4v) is 3.44. The Morgan fingerprint density at radius 1 is 1.40 bits per heavy atom. The lowest BCUT2D eigenvalue weighted by Gasteiger charge is -2.00. The number of thiophene rings is 1. The van der Waals surface area contributed by atoms with Crippen molar-refractivity contribution >= 4 is 28.1 Å². The van der Waals surface area contributed by atoms with Crippen LogP contribution in [0.5, 0.6) is 5.75 Å². The normalized spacial score (nSPS) is 11.1. The number of aromatic hydroxyl groups is 1. The Kier molecular flexibility index (Phi) is 3.10. The van der Waals surface area contributed by atoms with Crippen molar-refractivity contribution in [2.45, 2.75) is 20.3 Å². The van der Waals surface area contributed by atoms with E-state index >= 15 is 0 Å². The van der Waals surface area contributed by atoms with Crippen LogP contribution in [0.4, 0.5) is 0 Å². The average molecular weight is 286 g/mol. The van der Waals surface area contributed by atoms with Gasteiger partial charge in [-0.3, -0.25) is 4.79 Å². The molecule has 3 aromatic rings. The zero-order valence-electron chi connectivity index (χ0n) is 11.3. The Bertz CT molecular complexity index is 795. The minimum Gasteiger partial charge on any atom is -0.504 e. The van der Waals surface area contributed by atoms with Crippen LogP contribution in [0.15, 0.2) is 34.1 Å². The Balaban J connectivity index is 2.23. The lowest BCUT2D eigenvalue weighted by Crippen LogP contribution is -1.96. The molecular weight excluding hydrogens is 272 g/mol. The van der Waals surface area contributed by atoms with Gasteiger partial charge in [0.25, 0.3) is 0 Å². The van der Waals surface area contributed by atoms with Crippen molar-refractivity contribution in [3.63, 3.8) is 0 Å². The first-order valence-corrected chi connectivity index (χ1v) is 7.33. The first kappa shape index (κ1) is 12.9. The van der Waals surface area contributed by atoms with Crippen LogP contribution in [0.1, 0.15) is 29.1 Å². The summed E-state index contributed by atoms with van der Waals surface area (Å²) in [6, 6.07) is 7.10. The number of para-hydroxylation sites is 1. The number of hydrogen-bond acceptors (Lipinski definition) is 4. The van der Waals surface area contributed by atoms with Gasteiger partial charge in [0.1, 0.15) is 5.76 Å². The fraction of sp³-hybridized carbons (Fsp3) is 0.188. The Labute approximate surface area is 120 Å². The van der Waals surface area contributed by atoms with E-state index in [9.17, 15) is 9.90 Å². The molecule has 0 spiro atoms. The van der Waals surface area contributed by atoms with E-state index in [1.54, 1.807) is 30.4 Å². The predicted octanol–water partition coefficient (Wildman–Crippen LogP) is 4.63. The van der Waals surface area contributed by atoms with Crippen LogP contribution < -0.4 is 0 Å². The summed E-state index contributed by atoms with van der Waals surface area (Å²) < 4.78 is 5.74. The molecule has 0 saturated carbocycles. The third kappa shape index (κ3) is 1.93. The molecule has 0 radical (unpaired) electrons. The van der Waals surface area contributed by atoms with Crippen LogP contribution in [0.3, 0.4) is 0 Å². The third-order valence-corrected chi connectivity index (χ3v) is 4.46. The van der Waals surface area contributed by atoms with Crippen molar-refractivity contribution in [2.75, 3.05) is 0 Å². The summed E-state index contributed by atoms with van der Waals surface area (Å²) in [5, 5.41) is 12.6. The predicted molar refractivity (Wildman–Crippen MR) is 80.6 cm³/mol. The lowest BCUT2D eigenvalue weighted by molar-refractivity contribution is 0.101. The van der Waals surface area contributed by atoms with E-state index in [2.05, 4.69) is 0 Å². The van der Waals surface area contributed by atoms with E-state index in [1.165, 1.54) is 0 Å². The minimum atomic E-state index is 0.0442. The topological polar surface area (TPSA) is 50.4 Å². The summed E-state index contributed by atoms with van der Waals surface area (Å²) in [5.41, 5.74) is 2.01. The van der Waals surface area contributed by atoms with Gasteiger partial charge in [0.15, 0.2) is 17.1 Å². The maximum absolute atomic E-state index is 11.9. The minimum absolute atomic E-state index is 0.0442. The summed E-state index contributed by atoms with van der Waals surface area (Å²) in [7, 11) is 0. The van der Waals surface area contributed by atoms with Gasteiger partial charge < -0.3 is 9.52 Å². The van der Waals surface area contributed by atoms with Crippen LogP contribution in [0.2, 0.25) is 0 Å². The molecule has 0 aliphatic carbocycles. The third-order valence-electron chi connectivity index (χ3n) is 3.33. The van der Waals surface area contributed by atoms with Crippen LogP contribution in [0.25, 0.3) is 22.3 Å². The highest BCUT2D eigenvalue weighted by molar-refractivity contribution is 7.10. The summed E-state index contributed by atoms with van der Waals surface area (Å²) in [4.78, 5) is 12.9. The van der Waals surface area contributed by atoms with Gasteiger partial charge in [-0.25, -0.2) is 0 Å². The Morgan fingerprint density at radius 2 is 2.20 bits per heavy atom. The monoisotopic (exact) mass is 286 g/mol. The highest BCUT2D eigenvalue weighted by Gasteiger charge is 2.19. The molecule has 3 nitrogen and oxygen atoms in total. The highest BCUT2D eigenvalue weighted by atomic mass is 32.1. The SMILES string of the molecule is CCc1scc(-c2cc3cccc(O)c3o2)c1C(C)=O. The van der Waals surface area contributed by atoms with E-state index in [-0.39, 0.29) is 11.5 Å². The van der Waals surface area contributed by atoms with E-state index in [0.717, 1.165) is 27.8 Å². The van der Waals surface area contributed by atoms with Gasteiger partial charge in [-0.15, -0.1) is 11.3 Å². The van der Waals surface area contributed by atoms with Gasteiger partial charge >= 0.3 is 0 Å². The molecule has 0 saturated heterocycles. The van der Waals surface area contributed by atoms with Gasteiger partial charge in [-0.05, 0) is 25.5 Å². The Hall–Kier alpha value is -2.07. The average Bonchev–Trinajstić information content (AvgIpc) is 3.02. The summed E-state index contributed by atoms with van der Waals surface area (Å²) in [6.07, 6.45) is 0.824. The number of fused-ring (bicyclic) bond motifs is 1. The molecule has 4 heteroatoms. The first-order valence-electron chi connectivity index (χ1n) is 6.45. The van der Waals surface area contributed by atoms with Crippen molar-refractivity contribution < 1.29 is 14.3 Å². The van der Waals surface area contributed by atoms with Gasteiger partial charge in [-0.2, -0.15) is 0 Å². The number of carbonyl (C=O) groups is 1. The summed E-state index contributed by atoms with van der Waals surface area (Å²) in [6.45, 7) is 3.61. The molecule has 1 aromatic carbocycles. The van der Waals surface area contributed by atoms with Crippen molar-refractivity contribution in [1.29, 1.82) is 0 Å². The number of carbonyl (C=O) groups excluding carboxylic acids is 1. The molecule has 2 heterocycles. The van der Waals surface area contributed by atoms with E-state index in [4.69, 9.17) is 4.42 Å². The van der Waals surface area contributed by atoms with Gasteiger partial charge in [-0.1, -0.05) is 19.1 Å². The smallest absolute Gasteiger partial charge is 0.176 e. The molecule has 3 rings (SSSR count). The van der Waals surface area contributed by atoms with Gasteiger partial charge in [0, 0.05) is 26.8 Å². The number of furan rings is 1. The number of hydrogen-bond donors (Lipinski definition) is 1. The first-order chi connectivity index (χ1) is 9.61. The van der Waals surface area contributed by atoms with Crippen molar-refractivity contribution in [3.8, 4) is 17.1 Å². The Morgan fingerprint density at radius 3 is 2.85 bits per heavy atom. The second kappa shape index (κ2) is 4.80. The molecule has 20 heavy (non-hydrogen) atoms. The number of phenolic OH excluding ortho intramolecular Hbond substituents is 1. The van der Waals surface area contributed by atoms with Crippen LogP contribution >= 0.6 is 11.3 Å². The van der Waals surface area contributed by atoms with Crippen LogP contribution in [0, 0.1) is 0 Å². The molecular formula is C16H14O3S. The molecule has 0 bridgehead atoms. The molecule has 0 aliphatic heterocycles. The number of ketones is 1. The van der Waals surface area contributed by atoms with Crippen molar-refractivity contribution in [2.24, 2.45) is 0 Å². The summed E-state index contributed by atoms with van der Waals surface area (Å²) >= 11 is 1.57. The number of aryl methyl sites for hydroxylation is 1. The molecule has 0 atom stereocenters. The highest BCUT2D eigenvalue weighted by Crippen LogP contribution is 2.37. The molecule has 1 N–H and O–H groups in total. The zero-order chi connectivity index (χ0) is 14.3. The number of benzene rings is 1. The second-order valence-electron chi connectivity index (χ2n) is 4.66. The van der Waals surface area contributed by atoms with E-state index in [1.807, 2.05) is 24.4 Å². The van der Waals surface area contributed by atoms with Crippen molar-refractivity contribution in [3.05, 3.63) is 40.1 Å². The molecule has 0 unspecified atom stereocenters. The maximum atomic E-state index is 11.9. The lowest BCUT2D eigenvalue weighted by atomic mass is 10.0. The number of Topliss-reactive ketones (excluding diaryl/α,β-unsaturated/α-hetero) is 1. The van der Waals surface area contributed by atoms with Gasteiger partial charge in [0.2, 0.25) is 0 Å². The van der Waals surface area contributed by atoms with E-state index < -0.39 is 0 Å². The van der Waals surface area contributed by atoms with Crippen LogP contribution in [-0.4, -0.2) is 10.9 Å². The molecule has 2 aromatic heterocycles. The molecule has 0 fully saturated rings. The molecule has 102 valence electrons. The quantitative estimate of drug-likeness (QED) is 0.714. The molecule has 0 amide bonds. The van der Waals surface area contributed by atoms with Crippen LogP contribution in [-0.2, 0) is 6.42 Å². The molecule has 0 aliphatic rings. The standard InChI is InChI=1S/C16H14O3S/c1-3-14-15(9(2)17)11(8-20-14)13-7-10-5-4-6-12(18)16(10)19-13/h4-8,18H,3H2,1-2H3. The maximum Gasteiger partial charge on any atom is 0.176 e. The second-order valence-corrected chi connectivity index (χ2v) is 5.63. The summed E-state index contributed by atoms with van der Waals surface area (Å²) in [5.74, 6) is 0.787. The number of rotatable bonds is 3. The fourth-order valence-electron chi connectivity index (χ4n) is 2.41. The van der Waals surface area contributed by atoms with Gasteiger partial charge in [0.05, 0.1) is 0 Å². The van der Waals surface area contributed by atoms with E-state index in [0.29, 0.717) is 11.3 Å². The number of phenols is 1. The van der Waals surface area contributed by atoms with Crippen molar-refractivity contribution in [1.82, 2.24) is 0 Å². The largest absolute Gasteiger partial charge is 0.504 e. The zero-order valence-corrected chi connectivity index (χ0v) is 12.1.